The molecule has 0 spiro atoms. The first-order valence-electron chi connectivity index (χ1n) is 5.72. The second kappa shape index (κ2) is 6.07. The Morgan fingerprint density at radius 3 is 2.88 bits per heavy atom. The van der Waals surface area contributed by atoms with E-state index in [1.54, 1.807) is 6.07 Å². The Balaban J connectivity index is 2.40. The van der Waals surface area contributed by atoms with Gasteiger partial charge in [0.1, 0.15) is 6.61 Å². The summed E-state index contributed by atoms with van der Waals surface area (Å²) in [5.41, 5.74) is 0.721. The van der Waals surface area contributed by atoms with Crippen molar-refractivity contribution >= 4 is 0 Å². The molecule has 1 atom stereocenters. The van der Waals surface area contributed by atoms with E-state index in [1.807, 2.05) is 17.8 Å². The molecule has 0 radical (unpaired) electrons. The number of aliphatic hydroxyl groups excluding tert-OH is 1. The third-order valence-electron chi connectivity index (χ3n) is 2.63. The van der Waals surface area contributed by atoms with Crippen molar-refractivity contribution in [2.24, 2.45) is 0 Å². The number of hydrogen-bond acceptors (Lipinski definition) is 3. The van der Waals surface area contributed by atoms with Gasteiger partial charge < -0.3 is 10.4 Å². The number of nitrogens with one attached hydrogen (secondary N) is 1. The summed E-state index contributed by atoms with van der Waals surface area (Å²) < 4.78 is 27.2. The second-order valence-electron chi connectivity index (χ2n) is 4.16. The summed E-state index contributed by atoms with van der Waals surface area (Å²) in [4.78, 5) is 0. The maximum atomic E-state index is 12.7. The molecule has 0 amide bonds. The summed E-state index contributed by atoms with van der Waals surface area (Å²) in [6.45, 7) is 2.70. The van der Waals surface area contributed by atoms with Gasteiger partial charge in [0.25, 0.3) is 5.92 Å². The highest BCUT2D eigenvalue weighted by Gasteiger charge is 2.26. The Hall–Kier alpha value is -1.01. The van der Waals surface area contributed by atoms with E-state index in [2.05, 4.69) is 17.3 Å². The smallest absolute Gasteiger partial charge is 0.282 e. The molecule has 1 aromatic rings. The van der Waals surface area contributed by atoms with Gasteiger partial charge in [-0.05, 0) is 19.4 Å². The van der Waals surface area contributed by atoms with Crippen LogP contribution >= 0.6 is 0 Å². The van der Waals surface area contributed by atoms with Crippen LogP contribution in [0, 0.1) is 0 Å². The molecule has 1 unspecified atom stereocenters. The maximum Gasteiger partial charge on any atom is 0.282 e. The highest BCUT2D eigenvalue weighted by Crippen LogP contribution is 2.11. The third-order valence-corrected chi connectivity index (χ3v) is 2.63. The van der Waals surface area contributed by atoms with Crippen molar-refractivity contribution in [3.63, 3.8) is 0 Å². The van der Waals surface area contributed by atoms with Gasteiger partial charge >= 0.3 is 0 Å². The molecule has 0 aliphatic rings. The number of nitrogens with zero attached hydrogens (tertiary/aromatic N) is 2. The van der Waals surface area contributed by atoms with Crippen molar-refractivity contribution in [2.75, 3.05) is 13.2 Å². The lowest BCUT2D eigenvalue weighted by atomic mass is 10.3. The SMILES string of the molecule is CCC(C)n1ccc(CNCC(F)(F)CO)n1. The molecule has 1 heterocycles. The molecule has 0 fully saturated rings. The number of halogens is 2. The first-order valence-corrected chi connectivity index (χ1v) is 5.72. The molecule has 0 aromatic carbocycles. The second-order valence-corrected chi connectivity index (χ2v) is 4.16. The molecule has 1 aromatic heterocycles. The van der Waals surface area contributed by atoms with Gasteiger partial charge in [-0.2, -0.15) is 5.10 Å². The lowest BCUT2D eigenvalue weighted by Gasteiger charge is -2.13. The van der Waals surface area contributed by atoms with Crippen LogP contribution in [0.5, 0.6) is 0 Å². The van der Waals surface area contributed by atoms with Gasteiger partial charge in [0, 0.05) is 18.8 Å². The van der Waals surface area contributed by atoms with Crippen molar-refractivity contribution in [3.8, 4) is 0 Å². The summed E-state index contributed by atoms with van der Waals surface area (Å²) in [6, 6.07) is 2.11. The maximum absolute atomic E-state index is 12.7. The summed E-state index contributed by atoms with van der Waals surface area (Å²) in [5, 5.41) is 15.2. The first-order chi connectivity index (χ1) is 7.98. The minimum atomic E-state index is -3.07. The van der Waals surface area contributed by atoms with Crippen molar-refractivity contribution < 1.29 is 13.9 Å². The van der Waals surface area contributed by atoms with Crippen LogP contribution < -0.4 is 5.32 Å². The minimum Gasteiger partial charge on any atom is -0.390 e. The van der Waals surface area contributed by atoms with Crippen LogP contribution in [0.2, 0.25) is 0 Å². The summed E-state index contributed by atoms with van der Waals surface area (Å²) >= 11 is 0. The molecule has 0 aliphatic carbocycles. The van der Waals surface area contributed by atoms with Crippen LogP contribution in [0.15, 0.2) is 12.3 Å². The standard InChI is InChI=1S/C11H19F2N3O/c1-3-9(2)16-5-4-10(15-16)6-14-7-11(12,13)8-17/h4-5,9,14,17H,3,6-8H2,1-2H3. The fourth-order valence-electron chi connectivity index (χ4n) is 1.33. The molecule has 0 saturated carbocycles. The molecule has 17 heavy (non-hydrogen) atoms. The molecular formula is C11H19F2N3O. The van der Waals surface area contributed by atoms with E-state index in [1.165, 1.54) is 0 Å². The largest absolute Gasteiger partial charge is 0.390 e. The van der Waals surface area contributed by atoms with E-state index < -0.39 is 19.1 Å². The van der Waals surface area contributed by atoms with Crippen LogP contribution in [-0.2, 0) is 6.54 Å². The summed E-state index contributed by atoms with van der Waals surface area (Å²) in [6.07, 6.45) is 2.81. The molecule has 1 rings (SSSR count). The monoisotopic (exact) mass is 247 g/mol. The average molecular weight is 247 g/mol. The van der Waals surface area contributed by atoms with Crippen molar-refractivity contribution in [2.45, 2.75) is 38.8 Å². The van der Waals surface area contributed by atoms with E-state index >= 15 is 0 Å². The summed E-state index contributed by atoms with van der Waals surface area (Å²) in [5.74, 6) is -3.07. The van der Waals surface area contributed by atoms with Gasteiger partial charge in [0.2, 0.25) is 0 Å². The third kappa shape index (κ3) is 4.40. The van der Waals surface area contributed by atoms with E-state index in [0.717, 1.165) is 12.1 Å². The zero-order valence-corrected chi connectivity index (χ0v) is 10.2. The van der Waals surface area contributed by atoms with Crippen LogP contribution in [0.1, 0.15) is 32.0 Å². The topological polar surface area (TPSA) is 50.1 Å². The van der Waals surface area contributed by atoms with Crippen molar-refractivity contribution in [1.82, 2.24) is 15.1 Å². The molecule has 98 valence electrons. The predicted molar refractivity (Wildman–Crippen MR) is 61.0 cm³/mol. The normalized spacial score (nSPS) is 13.9. The van der Waals surface area contributed by atoms with Crippen LogP contribution in [0.3, 0.4) is 0 Å². The zero-order valence-electron chi connectivity index (χ0n) is 10.2. The molecular weight excluding hydrogens is 228 g/mol. The zero-order chi connectivity index (χ0) is 12.9. The minimum absolute atomic E-state index is 0.277. The Bertz CT molecular complexity index is 341. The van der Waals surface area contributed by atoms with Crippen molar-refractivity contribution in [3.05, 3.63) is 18.0 Å². The predicted octanol–water partition coefficient (Wildman–Crippen LogP) is 1.57. The molecule has 0 aliphatic heterocycles. The highest BCUT2D eigenvalue weighted by molar-refractivity contribution is 4.99. The van der Waals surface area contributed by atoms with Gasteiger partial charge in [-0.25, -0.2) is 8.78 Å². The highest BCUT2D eigenvalue weighted by atomic mass is 19.3. The lowest BCUT2D eigenvalue weighted by Crippen LogP contribution is -2.35. The molecule has 0 saturated heterocycles. The molecule has 6 heteroatoms. The lowest BCUT2D eigenvalue weighted by molar-refractivity contribution is -0.0478. The van der Waals surface area contributed by atoms with Crippen LogP contribution in [0.4, 0.5) is 8.78 Å². The number of aromatic nitrogens is 2. The van der Waals surface area contributed by atoms with Crippen LogP contribution in [0.25, 0.3) is 0 Å². The Labute approximate surface area is 99.6 Å². The Kier molecular flexibility index (Phi) is 5.02. The number of alkyl halides is 2. The van der Waals surface area contributed by atoms with E-state index in [9.17, 15) is 8.78 Å². The fraction of sp³-hybridized carbons (Fsp3) is 0.727. The van der Waals surface area contributed by atoms with Crippen LogP contribution in [-0.4, -0.2) is 34.0 Å². The van der Waals surface area contributed by atoms with E-state index in [-0.39, 0.29) is 6.54 Å². The van der Waals surface area contributed by atoms with E-state index in [0.29, 0.717) is 6.04 Å². The van der Waals surface area contributed by atoms with E-state index in [4.69, 9.17) is 5.11 Å². The molecule has 4 nitrogen and oxygen atoms in total. The number of aliphatic hydroxyl groups is 1. The van der Waals surface area contributed by atoms with Gasteiger partial charge in [-0.1, -0.05) is 6.92 Å². The first kappa shape index (κ1) is 14.1. The number of hydrogen-bond donors (Lipinski definition) is 2. The van der Waals surface area contributed by atoms with Gasteiger partial charge in [0.15, 0.2) is 0 Å². The summed E-state index contributed by atoms with van der Waals surface area (Å²) in [7, 11) is 0. The fourth-order valence-corrected chi connectivity index (χ4v) is 1.33. The van der Waals surface area contributed by atoms with Gasteiger partial charge in [-0.3, -0.25) is 4.68 Å². The molecule has 0 bridgehead atoms. The molecule has 2 N–H and O–H groups in total. The number of rotatable bonds is 7. The Morgan fingerprint density at radius 2 is 2.29 bits per heavy atom. The Morgan fingerprint density at radius 1 is 1.59 bits per heavy atom. The average Bonchev–Trinajstić information content (AvgIpc) is 2.76. The van der Waals surface area contributed by atoms with Gasteiger partial charge in [-0.15, -0.1) is 0 Å². The van der Waals surface area contributed by atoms with Gasteiger partial charge in [0.05, 0.1) is 12.2 Å². The van der Waals surface area contributed by atoms with Crippen molar-refractivity contribution in [1.29, 1.82) is 0 Å². The quantitative estimate of drug-likeness (QED) is 0.769.